The molecule has 0 aromatic heterocycles. The van der Waals surface area contributed by atoms with Crippen molar-refractivity contribution in [3.05, 3.63) is 84.1 Å². The van der Waals surface area contributed by atoms with E-state index in [1.54, 1.807) is 15.9 Å². The topological polar surface area (TPSA) is 91.0 Å². The minimum absolute atomic E-state index is 0.189. The van der Waals surface area contributed by atoms with Crippen molar-refractivity contribution in [2.75, 3.05) is 19.6 Å². The van der Waals surface area contributed by atoms with Crippen molar-refractivity contribution in [1.82, 2.24) is 20.4 Å². The van der Waals surface area contributed by atoms with E-state index in [4.69, 9.17) is 4.74 Å². The van der Waals surface area contributed by atoms with Gasteiger partial charge in [-0.2, -0.15) is 0 Å². The molecule has 0 radical (unpaired) electrons. The Balaban J connectivity index is 1.68. The van der Waals surface area contributed by atoms with Gasteiger partial charge < -0.3 is 20.3 Å². The second kappa shape index (κ2) is 11.3. The van der Waals surface area contributed by atoms with Crippen LogP contribution in [0.4, 0.5) is 4.79 Å². The number of carbonyl (C=O) groups excluding carboxylic acids is 3. The van der Waals surface area contributed by atoms with E-state index in [1.165, 1.54) is 0 Å². The standard InChI is InChI=1S/C29H34N4O4/c1-5-15-30-27(34)23(16-19(3)4)33-18-24-25(28(33)35)26(31-29(36)32(24)6-2)20-11-10-14-22(17-20)37-21-12-8-7-9-13-21/h5,7-14,17,19,23,26H,1,6,15-16,18H2,2-4H3,(H,30,34)(H,31,36)/t23-,26+/m1/s1. The second-order valence-corrected chi connectivity index (χ2v) is 9.59. The van der Waals surface area contributed by atoms with Crippen LogP contribution >= 0.6 is 0 Å². The Bertz CT molecular complexity index is 1210. The molecule has 2 aromatic carbocycles. The summed E-state index contributed by atoms with van der Waals surface area (Å²) in [4.78, 5) is 43.3. The zero-order valence-electron chi connectivity index (χ0n) is 21.6. The van der Waals surface area contributed by atoms with Crippen LogP contribution in [0.2, 0.25) is 0 Å². The van der Waals surface area contributed by atoms with Crippen LogP contribution in [0.25, 0.3) is 0 Å². The van der Waals surface area contributed by atoms with Gasteiger partial charge in [-0.3, -0.25) is 14.5 Å². The van der Waals surface area contributed by atoms with Crippen LogP contribution in [0.5, 0.6) is 11.5 Å². The average molecular weight is 503 g/mol. The van der Waals surface area contributed by atoms with Gasteiger partial charge in [-0.1, -0.05) is 50.3 Å². The number of nitrogens with one attached hydrogen (secondary N) is 2. The van der Waals surface area contributed by atoms with Gasteiger partial charge in [0.05, 0.1) is 23.9 Å². The molecule has 8 heteroatoms. The number of ether oxygens (including phenoxy) is 1. The normalized spacial score (nSPS) is 18.0. The first kappa shape index (κ1) is 26.0. The molecule has 2 aromatic rings. The quantitative estimate of drug-likeness (QED) is 0.472. The van der Waals surface area contributed by atoms with Crippen LogP contribution in [0.3, 0.4) is 0 Å². The maximum absolute atomic E-state index is 13.9. The van der Waals surface area contributed by atoms with Crippen molar-refractivity contribution in [3.8, 4) is 11.5 Å². The number of para-hydroxylation sites is 1. The lowest BCUT2D eigenvalue weighted by Crippen LogP contribution is -2.49. The number of rotatable bonds is 10. The van der Waals surface area contributed by atoms with Gasteiger partial charge in [0.25, 0.3) is 5.91 Å². The van der Waals surface area contributed by atoms with Crippen molar-refractivity contribution in [2.24, 2.45) is 5.92 Å². The molecule has 0 saturated heterocycles. The number of hydrogen-bond donors (Lipinski definition) is 2. The Morgan fingerprint density at radius 2 is 1.89 bits per heavy atom. The van der Waals surface area contributed by atoms with Gasteiger partial charge in [0.1, 0.15) is 17.5 Å². The Morgan fingerprint density at radius 3 is 2.57 bits per heavy atom. The van der Waals surface area contributed by atoms with Gasteiger partial charge in [-0.25, -0.2) is 4.79 Å². The molecule has 194 valence electrons. The lowest BCUT2D eigenvalue weighted by molar-refractivity contribution is -0.137. The number of hydrogen-bond acceptors (Lipinski definition) is 4. The summed E-state index contributed by atoms with van der Waals surface area (Å²) in [5, 5.41) is 5.84. The molecule has 37 heavy (non-hydrogen) atoms. The minimum atomic E-state index is -0.655. The average Bonchev–Trinajstić information content (AvgIpc) is 3.22. The molecular weight excluding hydrogens is 468 g/mol. The molecular formula is C29H34N4O4. The smallest absolute Gasteiger partial charge is 0.322 e. The van der Waals surface area contributed by atoms with Gasteiger partial charge >= 0.3 is 6.03 Å². The first-order valence-corrected chi connectivity index (χ1v) is 12.7. The van der Waals surface area contributed by atoms with Crippen LogP contribution in [0, 0.1) is 5.92 Å². The van der Waals surface area contributed by atoms with E-state index in [2.05, 4.69) is 17.2 Å². The number of benzene rings is 2. The molecule has 2 aliphatic heterocycles. The zero-order chi connectivity index (χ0) is 26.5. The molecule has 2 N–H and O–H groups in total. The minimum Gasteiger partial charge on any atom is -0.457 e. The zero-order valence-corrected chi connectivity index (χ0v) is 21.6. The summed E-state index contributed by atoms with van der Waals surface area (Å²) in [7, 11) is 0. The summed E-state index contributed by atoms with van der Waals surface area (Å²) in [6.07, 6.45) is 2.12. The molecule has 0 spiro atoms. The SMILES string of the molecule is C=CCNC(=O)[C@@H](CC(C)C)N1CC2=C(C1=O)[C@H](c1cccc(Oc3ccccc3)c1)NC(=O)N2CC. The largest absolute Gasteiger partial charge is 0.457 e. The number of carbonyl (C=O) groups is 3. The van der Waals surface area contributed by atoms with E-state index in [-0.39, 0.29) is 30.3 Å². The third-order valence-corrected chi connectivity index (χ3v) is 6.53. The highest BCUT2D eigenvalue weighted by Gasteiger charge is 2.46. The van der Waals surface area contributed by atoms with Crippen molar-refractivity contribution >= 4 is 17.8 Å². The first-order chi connectivity index (χ1) is 17.8. The van der Waals surface area contributed by atoms with E-state index >= 15 is 0 Å². The Kier molecular flexibility index (Phi) is 7.96. The van der Waals surface area contributed by atoms with E-state index in [0.717, 1.165) is 5.56 Å². The van der Waals surface area contributed by atoms with Crippen LogP contribution in [0.15, 0.2) is 78.5 Å². The lowest BCUT2D eigenvalue weighted by atomic mass is 9.95. The van der Waals surface area contributed by atoms with Crippen molar-refractivity contribution in [2.45, 2.75) is 39.3 Å². The summed E-state index contributed by atoms with van der Waals surface area (Å²) >= 11 is 0. The molecule has 0 unspecified atom stereocenters. The Labute approximate surface area is 218 Å². The Hall–Kier alpha value is -4.07. The first-order valence-electron chi connectivity index (χ1n) is 12.7. The van der Waals surface area contributed by atoms with Crippen molar-refractivity contribution in [3.63, 3.8) is 0 Å². The predicted octanol–water partition coefficient (Wildman–Crippen LogP) is 4.38. The molecule has 0 aliphatic carbocycles. The fourth-order valence-electron chi connectivity index (χ4n) is 4.84. The molecule has 0 fully saturated rings. The fraction of sp³-hybridized carbons (Fsp3) is 0.345. The van der Waals surface area contributed by atoms with E-state index in [0.29, 0.717) is 42.3 Å². The molecule has 8 nitrogen and oxygen atoms in total. The fourth-order valence-corrected chi connectivity index (χ4v) is 4.84. The molecule has 0 saturated carbocycles. The summed E-state index contributed by atoms with van der Waals surface area (Å²) in [6, 6.07) is 15.2. The molecule has 4 rings (SSSR count). The van der Waals surface area contributed by atoms with Crippen LogP contribution < -0.4 is 15.4 Å². The van der Waals surface area contributed by atoms with E-state index in [9.17, 15) is 14.4 Å². The Morgan fingerprint density at radius 1 is 1.16 bits per heavy atom. The molecule has 0 bridgehead atoms. The van der Waals surface area contributed by atoms with Gasteiger partial charge in [0.15, 0.2) is 0 Å². The maximum atomic E-state index is 13.9. The van der Waals surface area contributed by atoms with Gasteiger partial charge in [0, 0.05) is 13.1 Å². The summed E-state index contributed by atoms with van der Waals surface area (Å²) < 4.78 is 5.99. The predicted molar refractivity (Wildman–Crippen MR) is 142 cm³/mol. The van der Waals surface area contributed by atoms with Crippen molar-refractivity contribution < 1.29 is 19.1 Å². The summed E-state index contributed by atoms with van der Waals surface area (Å²) in [5.41, 5.74) is 1.86. The highest BCUT2D eigenvalue weighted by molar-refractivity contribution is 6.03. The second-order valence-electron chi connectivity index (χ2n) is 9.59. The van der Waals surface area contributed by atoms with E-state index < -0.39 is 12.1 Å². The monoisotopic (exact) mass is 502 g/mol. The number of urea groups is 1. The summed E-state index contributed by atoms with van der Waals surface area (Å²) in [6.45, 7) is 10.5. The van der Waals surface area contributed by atoms with E-state index in [1.807, 2.05) is 75.4 Å². The van der Waals surface area contributed by atoms with Crippen molar-refractivity contribution in [1.29, 1.82) is 0 Å². The number of nitrogens with zero attached hydrogens (tertiary/aromatic N) is 2. The maximum Gasteiger partial charge on any atom is 0.322 e. The van der Waals surface area contributed by atoms with Crippen LogP contribution in [-0.4, -0.2) is 53.3 Å². The third-order valence-electron chi connectivity index (χ3n) is 6.53. The van der Waals surface area contributed by atoms with Crippen LogP contribution in [0.1, 0.15) is 38.8 Å². The highest BCUT2D eigenvalue weighted by atomic mass is 16.5. The summed E-state index contributed by atoms with van der Waals surface area (Å²) in [5.74, 6) is 1.01. The molecule has 2 aliphatic rings. The van der Waals surface area contributed by atoms with Gasteiger partial charge in [-0.05, 0) is 49.1 Å². The number of likely N-dealkylation sites (N-methyl/N-ethyl adjacent to an activating group) is 1. The lowest BCUT2D eigenvalue weighted by Gasteiger charge is -2.33. The molecule has 4 amide bonds. The van der Waals surface area contributed by atoms with Gasteiger partial charge in [0.2, 0.25) is 5.91 Å². The highest BCUT2D eigenvalue weighted by Crippen LogP contribution is 2.38. The molecule has 2 atom stereocenters. The van der Waals surface area contributed by atoms with Crippen LogP contribution in [-0.2, 0) is 9.59 Å². The number of amides is 4. The van der Waals surface area contributed by atoms with Gasteiger partial charge in [-0.15, -0.1) is 6.58 Å². The third kappa shape index (κ3) is 5.53. The molecule has 2 heterocycles.